The fraction of sp³-hybridized carbons (Fsp3) is 0.500. The highest BCUT2D eigenvalue weighted by Crippen LogP contribution is 2.23. The van der Waals surface area contributed by atoms with Crippen LogP contribution in [0.4, 0.5) is 4.39 Å². The Labute approximate surface area is 116 Å². The molecule has 0 bridgehead atoms. The zero-order valence-corrected chi connectivity index (χ0v) is 13.1. The van der Waals surface area contributed by atoms with Gasteiger partial charge in [-0.25, -0.2) is 12.8 Å². The predicted molar refractivity (Wildman–Crippen MR) is 73.4 cm³/mol. The van der Waals surface area contributed by atoms with E-state index in [9.17, 15) is 12.8 Å². The molecule has 0 amide bonds. The summed E-state index contributed by atoms with van der Waals surface area (Å²) in [7, 11) is -3.76. The standard InChI is InChI=1S/C12H17BrFNO2S/c1-4-15(8-9(2)3)18(16,17)12-6-5-10(13)7-11(12)14/h5-7,9H,4,8H2,1-3H3. The van der Waals surface area contributed by atoms with Gasteiger partial charge in [0.2, 0.25) is 10.0 Å². The largest absolute Gasteiger partial charge is 0.245 e. The van der Waals surface area contributed by atoms with Gasteiger partial charge in [-0.1, -0.05) is 36.7 Å². The Kier molecular flexibility index (Phi) is 5.31. The van der Waals surface area contributed by atoms with Gasteiger partial charge in [-0.05, 0) is 24.1 Å². The molecule has 0 aliphatic heterocycles. The lowest BCUT2D eigenvalue weighted by Crippen LogP contribution is -2.34. The van der Waals surface area contributed by atoms with Gasteiger partial charge in [-0.3, -0.25) is 0 Å². The zero-order chi connectivity index (χ0) is 13.9. The van der Waals surface area contributed by atoms with Crippen LogP contribution in [0, 0.1) is 11.7 Å². The van der Waals surface area contributed by atoms with E-state index in [-0.39, 0.29) is 10.8 Å². The average molecular weight is 338 g/mol. The van der Waals surface area contributed by atoms with E-state index in [4.69, 9.17) is 0 Å². The molecule has 0 spiro atoms. The van der Waals surface area contributed by atoms with Gasteiger partial charge in [-0.15, -0.1) is 0 Å². The Balaban J connectivity index is 3.19. The van der Waals surface area contributed by atoms with Crippen molar-refractivity contribution in [2.24, 2.45) is 5.92 Å². The van der Waals surface area contributed by atoms with E-state index in [1.54, 1.807) is 6.92 Å². The summed E-state index contributed by atoms with van der Waals surface area (Å²) < 4.78 is 40.2. The van der Waals surface area contributed by atoms with E-state index < -0.39 is 15.8 Å². The van der Waals surface area contributed by atoms with Crippen LogP contribution in [0.1, 0.15) is 20.8 Å². The molecule has 0 heterocycles. The second-order valence-electron chi connectivity index (χ2n) is 4.42. The summed E-state index contributed by atoms with van der Waals surface area (Å²) in [5.74, 6) is -0.537. The fourth-order valence-corrected chi connectivity index (χ4v) is 3.62. The Morgan fingerprint density at radius 1 is 1.39 bits per heavy atom. The summed E-state index contributed by atoms with van der Waals surface area (Å²) in [4.78, 5) is -0.270. The summed E-state index contributed by atoms with van der Waals surface area (Å²) in [6.45, 7) is 6.31. The molecule has 0 aliphatic carbocycles. The number of hydrogen-bond donors (Lipinski definition) is 0. The molecule has 0 saturated carbocycles. The van der Waals surface area contributed by atoms with Gasteiger partial charge >= 0.3 is 0 Å². The van der Waals surface area contributed by atoms with Crippen molar-refractivity contribution in [1.29, 1.82) is 0 Å². The number of halogens is 2. The van der Waals surface area contributed by atoms with E-state index in [1.165, 1.54) is 16.4 Å². The first-order chi connectivity index (χ1) is 8.28. The lowest BCUT2D eigenvalue weighted by molar-refractivity contribution is 0.378. The minimum Gasteiger partial charge on any atom is -0.207 e. The van der Waals surface area contributed by atoms with Crippen molar-refractivity contribution in [3.05, 3.63) is 28.5 Å². The van der Waals surface area contributed by atoms with Crippen molar-refractivity contribution in [2.75, 3.05) is 13.1 Å². The third kappa shape index (κ3) is 3.52. The molecule has 0 fully saturated rings. The van der Waals surface area contributed by atoms with Crippen LogP contribution >= 0.6 is 15.9 Å². The molecule has 0 aliphatic rings. The molecule has 3 nitrogen and oxygen atoms in total. The van der Waals surface area contributed by atoms with E-state index in [1.807, 2.05) is 13.8 Å². The Morgan fingerprint density at radius 3 is 2.44 bits per heavy atom. The molecule has 0 saturated heterocycles. The second kappa shape index (κ2) is 6.12. The molecular formula is C12H17BrFNO2S. The molecular weight excluding hydrogens is 321 g/mol. The smallest absolute Gasteiger partial charge is 0.207 e. The van der Waals surface area contributed by atoms with Gasteiger partial charge in [0.05, 0.1) is 0 Å². The summed E-state index contributed by atoms with van der Waals surface area (Å²) in [5, 5.41) is 0. The minimum atomic E-state index is -3.76. The minimum absolute atomic E-state index is 0.193. The maximum absolute atomic E-state index is 13.7. The molecule has 0 N–H and O–H groups in total. The van der Waals surface area contributed by atoms with Crippen LogP contribution in [0.25, 0.3) is 0 Å². The molecule has 0 atom stereocenters. The lowest BCUT2D eigenvalue weighted by atomic mass is 10.2. The predicted octanol–water partition coefficient (Wildman–Crippen LogP) is 3.25. The zero-order valence-electron chi connectivity index (χ0n) is 10.7. The molecule has 18 heavy (non-hydrogen) atoms. The Hall–Kier alpha value is -0.460. The molecule has 1 aromatic rings. The van der Waals surface area contributed by atoms with Crippen molar-refractivity contribution in [3.63, 3.8) is 0 Å². The third-order valence-corrected chi connectivity index (χ3v) is 4.90. The first-order valence-electron chi connectivity index (χ1n) is 5.74. The van der Waals surface area contributed by atoms with Crippen LogP contribution in [0.3, 0.4) is 0 Å². The van der Waals surface area contributed by atoms with Crippen molar-refractivity contribution < 1.29 is 12.8 Å². The van der Waals surface area contributed by atoms with Gasteiger partial charge in [-0.2, -0.15) is 4.31 Å². The topological polar surface area (TPSA) is 37.4 Å². The fourth-order valence-electron chi connectivity index (χ4n) is 1.63. The molecule has 6 heteroatoms. The summed E-state index contributed by atoms with van der Waals surface area (Å²) >= 11 is 3.11. The SMILES string of the molecule is CCN(CC(C)C)S(=O)(=O)c1ccc(Br)cc1F. The lowest BCUT2D eigenvalue weighted by Gasteiger charge is -2.22. The number of nitrogens with zero attached hydrogens (tertiary/aromatic N) is 1. The maximum Gasteiger partial charge on any atom is 0.245 e. The molecule has 0 radical (unpaired) electrons. The van der Waals surface area contributed by atoms with Gasteiger partial charge in [0.15, 0.2) is 0 Å². The second-order valence-corrected chi connectivity index (χ2v) is 7.25. The van der Waals surface area contributed by atoms with E-state index >= 15 is 0 Å². The number of hydrogen-bond acceptors (Lipinski definition) is 2. The Morgan fingerprint density at radius 2 is 2.00 bits per heavy atom. The van der Waals surface area contributed by atoms with Crippen molar-refractivity contribution in [2.45, 2.75) is 25.7 Å². The maximum atomic E-state index is 13.7. The molecule has 102 valence electrons. The van der Waals surface area contributed by atoms with Gasteiger partial charge < -0.3 is 0 Å². The molecule has 0 aromatic heterocycles. The summed E-state index contributed by atoms with van der Waals surface area (Å²) in [6, 6.07) is 3.98. The van der Waals surface area contributed by atoms with Gasteiger partial charge in [0, 0.05) is 17.6 Å². The van der Waals surface area contributed by atoms with Gasteiger partial charge in [0.25, 0.3) is 0 Å². The summed E-state index contributed by atoms with van der Waals surface area (Å²) in [5.41, 5.74) is 0. The first kappa shape index (κ1) is 15.6. The van der Waals surface area contributed by atoms with Crippen molar-refractivity contribution >= 4 is 26.0 Å². The quantitative estimate of drug-likeness (QED) is 0.826. The van der Waals surface area contributed by atoms with Crippen LogP contribution < -0.4 is 0 Å². The average Bonchev–Trinajstić information content (AvgIpc) is 2.24. The number of rotatable bonds is 5. The van der Waals surface area contributed by atoms with E-state index in [2.05, 4.69) is 15.9 Å². The van der Waals surface area contributed by atoms with Crippen molar-refractivity contribution in [1.82, 2.24) is 4.31 Å². The molecule has 1 aromatic carbocycles. The van der Waals surface area contributed by atoms with E-state index in [0.717, 1.165) is 6.07 Å². The number of sulfonamides is 1. The monoisotopic (exact) mass is 337 g/mol. The molecule has 0 unspecified atom stereocenters. The van der Waals surface area contributed by atoms with Crippen LogP contribution in [0.15, 0.2) is 27.6 Å². The molecule has 1 rings (SSSR count). The van der Waals surface area contributed by atoms with Crippen LogP contribution in [0.5, 0.6) is 0 Å². The van der Waals surface area contributed by atoms with Crippen LogP contribution in [-0.2, 0) is 10.0 Å². The normalized spacial score (nSPS) is 12.4. The highest BCUT2D eigenvalue weighted by molar-refractivity contribution is 9.10. The first-order valence-corrected chi connectivity index (χ1v) is 7.97. The number of benzene rings is 1. The highest BCUT2D eigenvalue weighted by atomic mass is 79.9. The highest BCUT2D eigenvalue weighted by Gasteiger charge is 2.26. The Bertz CT molecular complexity index is 517. The van der Waals surface area contributed by atoms with Gasteiger partial charge in [0.1, 0.15) is 10.7 Å². The third-order valence-electron chi connectivity index (χ3n) is 2.43. The van der Waals surface area contributed by atoms with E-state index in [0.29, 0.717) is 17.6 Å². The van der Waals surface area contributed by atoms with Crippen LogP contribution in [0.2, 0.25) is 0 Å². The van der Waals surface area contributed by atoms with Crippen molar-refractivity contribution in [3.8, 4) is 0 Å². The summed E-state index contributed by atoms with van der Waals surface area (Å²) in [6.07, 6.45) is 0. The van der Waals surface area contributed by atoms with Crippen LogP contribution in [-0.4, -0.2) is 25.8 Å².